The summed E-state index contributed by atoms with van der Waals surface area (Å²) in [7, 11) is 0. The van der Waals surface area contributed by atoms with Crippen molar-refractivity contribution in [1.29, 1.82) is 0 Å². The standard InChI is InChI=1S/C47H29N3/c1-3-12-33(13-4-1)45-48-46(34-14-5-2-6-15-34)50-47(49-45)35-23-21-31(22-24-35)38-27-25-30-11-7-8-18-37(30)44(38)36-26-28-39-40-19-9-16-32-17-10-20-41(43(32)40)42(39)29-36/h1-29H. The van der Waals surface area contributed by atoms with Gasteiger partial charge in [-0.15, -0.1) is 0 Å². The average Bonchev–Trinajstić information content (AvgIpc) is 3.52. The molecule has 10 rings (SSSR count). The predicted molar refractivity (Wildman–Crippen MR) is 206 cm³/mol. The highest BCUT2D eigenvalue weighted by Gasteiger charge is 2.23. The molecule has 1 aromatic heterocycles. The monoisotopic (exact) mass is 635 g/mol. The summed E-state index contributed by atoms with van der Waals surface area (Å²) in [6.45, 7) is 0. The summed E-state index contributed by atoms with van der Waals surface area (Å²) < 4.78 is 0. The van der Waals surface area contributed by atoms with Gasteiger partial charge in [0.15, 0.2) is 17.5 Å². The van der Waals surface area contributed by atoms with E-state index in [0.717, 1.165) is 22.3 Å². The van der Waals surface area contributed by atoms with Gasteiger partial charge in [0.1, 0.15) is 0 Å². The van der Waals surface area contributed by atoms with Crippen molar-refractivity contribution < 1.29 is 0 Å². The van der Waals surface area contributed by atoms with Gasteiger partial charge >= 0.3 is 0 Å². The molecule has 0 fully saturated rings. The Morgan fingerprint density at radius 1 is 0.280 bits per heavy atom. The molecule has 0 atom stereocenters. The SMILES string of the molecule is c1ccc(-c2nc(-c3ccccc3)nc(-c3ccc(-c4ccc5ccccc5c4-c4ccc5c(c4)-c4cccc6cccc-5c46)cc3)n2)cc1. The Bertz CT molecular complexity index is 2670. The van der Waals surface area contributed by atoms with Crippen LogP contribution in [0.5, 0.6) is 0 Å². The van der Waals surface area contributed by atoms with Crippen LogP contribution in [0.25, 0.3) is 100 Å². The van der Waals surface area contributed by atoms with Crippen LogP contribution in [-0.4, -0.2) is 15.0 Å². The lowest BCUT2D eigenvalue weighted by atomic mass is 9.88. The van der Waals surface area contributed by atoms with E-state index in [1.165, 1.54) is 60.5 Å². The molecule has 0 N–H and O–H groups in total. The van der Waals surface area contributed by atoms with Crippen LogP contribution in [0.2, 0.25) is 0 Å². The normalized spacial score (nSPS) is 11.6. The fourth-order valence-electron chi connectivity index (χ4n) is 7.51. The van der Waals surface area contributed by atoms with Gasteiger partial charge in [0.2, 0.25) is 0 Å². The Kier molecular flexibility index (Phi) is 6.49. The van der Waals surface area contributed by atoms with Crippen LogP contribution in [0.1, 0.15) is 0 Å². The van der Waals surface area contributed by atoms with E-state index in [9.17, 15) is 0 Å². The molecule has 9 aromatic rings. The molecule has 50 heavy (non-hydrogen) atoms. The molecule has 0 unspecified atom stereocenters. The van der Waals surface area contributed by atoms with Gasteiger partial charge in [0.05, 0.1) is 0 Å². The van der Waals surface area contributed by atoms with Crippen LogP contribution >= 0.6 is 0 Å². The molecule has 8 aromatic carbocycles. The van der Waals surface area contributed by atoms with Crippen LogP contribution in [0.3, 0.4) is 0 Å². The molecule has 0 radical (unpaired) electrons. The number of hydrogen-bond acceptors (Lipinski definition) is 3. The average molecular weight is 636 g/mol. The highest BCUT2D eigenvalue weighted by Crippen LogP contribution is 2.49. The largest absolute Gasteiger partial charge is 0.208 e. The number of benzene rings is 8. The first-order valence-electron chi connectivity index (χ1n) is 16.9. The molecule has 0 bridgehead atoms. The summed E-state index contributed by atoms with van der Waals surface area (Å²) in [6, 6.07) is 62.3. The van der Waals surface area contributed by atoms with E-state index in [0.29, 0.717) is 17.5 Å². The molecule has 0 amide bonds. The Balaban J connectivity index is 1.10. The van der Waals surface area contributed by atoms with Crippen molar-refractivity contribution in [2.24, 2.45) is 0 Å². The molecule has 3 heteroatoms. The van der Waals surface area contributed by atoms with Gasteiger partial charge < -0.3 is 0 Å². The fraction of sp³-hybridized carbons (Fsp3) is 0. The molecular weight excluding hydrogens is 607 g/mol. The maximum absolute atomic E-state index is 4.95. The van der Waals surface area contributed by atoms with Crippen molar-refractivity contribution in [3.05, 3.63) is 176 Å². The topological polar surface area (TPSA) is 38.7 Å². The zero-order valence-electron chi connectivity index (χ0n) is 27.1. The number of hydrogen-bond donors (Lipinski definition) is 0. The summed E-state index contributed by atoms with van der Waals surface area (Å²) in [5.41, 5.74) is 12.9. The number of nitrogens with zero attached hydrogens (tertiary/aromatic N) is 3. The highest BCUT2D eigenvalue weighted by atomic mass is 15.0. The molecule has 0 spiro atoms. The first kappa shape index (κ1) is 28.3. The summed E-state index contributed by atoms with van der Waals surface area (Å²) in [6.07, 6.45) is 0. The Morgan fingerprint density at radius 3 is 1.44 bits per heavy atom. The lowest BCUT2D eigenvalue weighted by molar-refractivity contribution is 1.07. The second-order valence-electron chi connectivity index (χ2n) is 12.8. The zero-order valence-corrected chi connectivity index (χ0v) is 27.1. The predicted octanol–water partition coefficient (Wildman–Crippen LogP) is 12.2. The maximum atomic E-state index is 4.95. The maximum Gasteiger partial charge on any atom is 0.164 e. The van der Waals surface area contributed by atoms with Crippen molar-refractivity contribution in [2.45, 2.75) is 0 Å². The molecule has 232 valence electrons. The third-order valence-electron chi connectivity index (χ3n) is 9.88. The second kappa shape index (κ2) is 11.5. The first-order chi connectivity index (χ1) is 24.8. The first-order valence-corrected chi connectivity index (χ1v) is 16.9. The van der Waals surface area contributed by atoms with E-state index < -0.39 is 0 Å². The van der Waals surface area contributed by atoms with Gasteiger partial charge in [0, 0.05) is 16.7 Å². The van der Waals surface area contributed by atoms with E-state index >= 15 is 0 Å². The van der Waals surface area contributed by atoms with E-state index in [1.807, 2.05) is 60.7 Å². The van der Waals surface area contributed by atoms with E-state index in [2.05, 4.69) is 115 Å². The van der Waals surface area contributed by atoms with Crippen molar-refractivity contribution in [2.75, 3.05) is 0 Å². The van der Waals surface area contributed by atoms with Crippen molar-refractivity contribution in [3.8, 4) is 78.7 Å². The minimum atomic E-state index is 0.648. The van der Waals surface area contributed by atoms with Gasteiger partial charge in [-0.2, -0.15) is 0 Å². The zero-order chi connectivity index (χ0) is 33.0. The van der Waals surface area contributed by atoms with Crippen molar-refractivity contribution >= 4 is 21.5 Å². The quantitative estimate of drug-likeness (QED) is 0.189. The van der Waals surface area contributed by atoms with Gasteiger partial charge in [0.25, 0.3) is 0 Å². The minimum Gasteiger partial charge on any atom is -0.208 e. The lowest BCUT2D eigenvalue weighted by Crippen LogP contribution is -2.00. The van der Waals surface area contributed by atoms with Crippen LogP contribution in [0.15, 0.2) is 176 Å². The van der Waals surface area contributed by atoms with Gasteiger partial charge in [-0.1, -0.05) is 170 Å². The Labute approximate surface area is 290 Å². The molecule has 1 heterocycles. The van der Waals surface area contributed by atoms with Crippen LogP contribution < -0.4 is 0 Å². The van der Waals surface area contributed by atoms with Gasteiger partial charge in [-0.05, 0) is 72.1 Å². The summed E-state index contributed by atoms with van der Waals surface area (Å²) in [5, 5.41) is 5.09. The fourth-order valence-corrected chi connectivity index (χ4v) is 7.51. The smallest absolute Gasteiger partial charge is 0.164 e. The van der Waals surface area contributed by atoms with E-state index in [4.69, 9.17) is 15.0 Å². The van der Waals surface area contributed by atoms with E-state index in [-0.39, 0.29) is 0 Å². The number of rotatable bonds is 5. The van der Waals surface area contributed by atoms with Crippen LogP contribution in [-0.2, 0) is 0 Å². The second-order valence-corrected chi connectivity index (χ2v) is 12.8. The van der Waals surface area contributed by atoms with Gasteiger partial charge in [-0.25, -0.2) is 15.0 Å². The number of aromatic nitrogens is 3. The number of fused-ring (bicyclic) bond motifs is 4. The third-order valence-corrected chi connectivity index (χ3v) is 9.88. The molecule has 0 saturated heterocycles. The Hall–Kier alpha value is -6.71. The molecule has 3 nitrogen and oxygen atoms in total. The molecule has 0 aliphatic heterocycles. The van der Waals surface area contributed by atoms with Crippen LogP contribution in [0, 0.1) is 0 Å². The minimum absolute atomic E-state index is 0.648. The summed E-state index contributed by atoms with van der Waals surface area (Å²) in [5.74, 6) is 1.96. The Morgan fingerprint density at radius 2 is 0.780 bits per heavy atom. The van der Waals surface area contributed by atoms with Crippen molar-refractivity contribution in [3.63, 3.8) is 0 Å². The summed E-state index contributed by atoms with van der Waals surface area (Å²) >= 11 is 0. The molecule has 1 aliphatic carbocycles. The van der Waals surface area contributed by atoms with Gasteiger partial charge in [-0.3, -0.25) is 0 Å². The highest BCUT2D eigenvalue weighted by molar-refractivity contribution is 6.16. The lowest BCUT2D eigenvalue weighted by Gasteiger charge is -2.16. The van der Waals surface area contributed by atoms with Crippen LogP contribution in [0.4, 0.5) is 0 Å². The third kappa shape index (κ3) is 4.63. The molecule has 0 saturated carbocycles. The molecule has 1 aliphatic rings. The van der Waals surface area contributed by atoms with Crippen molar-refractivity contribution in [1.82, 2.24) is 15.0 Å². The van der Waals surface area contributed by atoms with E-state index in [1.54, 1.807) is 0 Å². The summed E-state index contributed by atoms with van der Waals surface area (Å²) in [4.78, 5) is 14.8. The molecular formula is C47H29N3.